The maximum Gasteiger partial charge on any atom is 0.123 e. The van der Waals surface area contributed by atoms with E-state index in [1.807, 2.05) is 12.1 Å². The van der Waals surface area contributed by atoms with E-state index in [1.165, 1.54) is 15.0 Å². The predicted molar refractivity (Wildman–Crippen MR) is 88.6 cm³/mol. The first-order valence-electron chi connectivity index (χ1n) is 6.99. The van der Waals surface area contributed by atoms with Crippen molar-refractivity contribution in [3.63, 3.8) is 0 Å². The Morgan fingerprint density at radius 2 is 2.05 bits per heavy atom. The first kappa shape index (κ1) is 13.3. The molecule has 1 aliphatic rings. The predicted octanol–water partition coefficient (Wildman–Crippen LogP) is 4.76. The van der Waals surface area contributed by atoms with Crippen molar-refractivity contribution in [1.29, 1.82) is 0 Å². The molecule has 1 aliphatic heterocycles. The molecule has 0 radical (unpaired) electrons. The fraction of sp³-hybridized carbons (Fsp3) is 0.294. The largest absolute Gasteiger partial charge is 0.487 e. The van der Waals surface area contributed by atoms with Gasteiger partial charge in [-0.3, -0.25) is 0 Å². The van der Waals surface area contributed by atoms with Crippen LogP contribution < -0.4 is 4.74 Å². The van der Waals surface area contributed by atoms with Crippen LogP contribution in [-0.4, -0.2) is 10.7 Å². The zero-order chi connectivity index (χ0) is 14.6. The SMILES string of the molecule is CC1(C)Cc2cc(C(O)c3cc4sccc4s3)ccc2O1. The van der Waals surface area contributed by atoms with Crippen molar-refractivity contribution in [3.05, 3.63) is 51.7 Å². The van der Waals surface area contributed by atoms with E-state index >= 15 is 0 Å². The Bertz CT molecular complexity index is 785. The first-order valence-corrected chi connectivity index (χ1v) is 8.68. The lowest BCUT2D eigenvalue weighted by Crippen LogP contribution is -2.24. The third-order valence-corrected chi connectivity index (χ3v) is 5.98. The van der Waals surface area contributed by atoms with Gasteiger partial charge in [-0.2, -0.15) is 0 Å². The van der Waals surface area contributed by atoms with Crippen molar-refractivity contribution in [2.75, 3.05) is 0 Å². The zero-order valence-corrected chi connectivity index (χ0v) is 13.6. The van der Waals surface area contributed by atoms with Crippen molar-refractivity contribution in [1.82, 2.24) is 0 Å². The highest BCUT2D eigenvalue weighted by molar-refractivity contribution is 7.26. The Hall–Kier alpha value is -1.36. The molecule has 1 atom stereocenters. The van der Waals surface area contributed by atoms with Gasteiger partial charge in [0.25, 0.3) is 0 Å². The van der Waals surface area contributed by atoms with Crippen molar-refractivity contribution in [2.24, 2.45) is 0 Å². The van der Waals surface area contributed by atoms with Gasteiger partial charge < -0.3 is 9.84 Å². The molecule has 0 spiro atoms. The number of thiophene rings is 2. The number of aliphatic hydroxyl groups is 1. The Balaban J connectivity index is 1.69. The second kappa shape index (κ2) is 4.57. The molecule has 2 nitrogen and oxygen atoms in total. The van der Waals surface area contributed by atoms with E-state index in [1.54, 1.807) is 22.7 Å². The quantitative estimate of drug-likeness (QED) is 0.739. The summed E-state index contributed by atoms with van der Waals surface area (Å²) in [5.74, 6) is 0.947. The third kappa shape index (κ3) is 2.27. The molecule has 1 aromatic carbocycles. The molecule has 1 N–H and O–H groups in total. The fourth-order valence-corrected chi connectivity index (χ4v) is 5.02. The van der Waals surface area contributed by atoms with Crippen LogP contribution in [0.25, 0.3) is 9.40 Å². The maximum atomic E-state index is 10.6. The Morgan fingerprint density at radius 1 is 1.19 bits per heavy atom. The van der Waals surface area contributed by atoms with E-state index in [0.717, 1.165) is 22.6 Å². The lowest BCUT2D eigenvalue weighted by molar-refractivity contribution is 0.138. The van der Waals surface area contributed by atoms with E-state index in [0.29, 0.717) is 0 Å². The van der Waals surface area contributed by atoms with Crippen LogP contribution in [0.1, 0.15) is 36.0 Å². The van der Waals surface area contributed by atoms with Crippen LogP contribution in [0.4, 0.5) is 0 Å². The third-order valence-electron chi connectivity index (χ3n) is 3.83. The number of ether oxygens (including phenoxy) is 1. The molecule has 21 heavy (non-hydrogen) atoms. The molecule has 4 heteroatoms. The summed E-state index contributed by atoms with van der Waals surface area (Å²) in [5.41, 5.74) is 2.00. The van der Waals surface area contributed by atoms with Gasteiger partial charge >= 0.3 is 0 Å². The van der Waals surface area contributed by atoms with Crippen LogP contribution in [0.5, 0.6) is 5.75 Å². The molecule has 0 aliphatic carbocycles. The molecular formula is C17H16O2S2. The molecule has 0 saturated heterocycles. The minimum absolute atomic E-state index is 0.141. The summed E-state index contributed by atoms with van der Waals surface area (Å²) in [7, 11) is 0. The summed E-state index contributed by atoms with van der Waals surface area (Å²) < 4.78 is 8.39. The van der Waals surface area contributed by atoms with E-state index in [9.17, 15) is 5.11 Å². The lowest BCUT2D eigenvalue weighted by Gasteiger charge is -2.16. The molecule has 3 aromatic rings. The summed E-state index contributed by atoms with van der Waals surface area (Å²) in [6.45, 7) is 4.19. The minimum Gasteiger partial charge on any atom is -0.487 e. The average molecular weight is 316 g/mol. The number of benzene rings is 1. The minimum atomic E-state index is -0.552. The summed E-state index contributed by atoms with van der Waals surface area (Å²) in [5, 5.41) is 12.7. The molecular weight excluding hydrogens is 300 g/mol. The molecule has 0 saturated carbocycles. The number of hydrogen-bond donors (Lipinski definition) is 1. The van der Waals surface area contributed by atoms with Crippen molar-refractivity contribution in [3.8, 4) is 5.75 Å². The monoisotopic (exact) mass is 316 g/mol. The fourth-order valence-electron chi connectivity index (χ4n) is 2.88. The van der Waals surface area contributed by atoms with Crippen LogP contribution in [0.3, 0.4) is 0 Å². The number of rotatable bonds is 2. The van der Waals surface area contributed by atoms with Gasteiger partial charge in [0.2, 0.25) is 0 Å². The van der Waals surface area contributed by atoms with Gasteiger partial charge in [-0.25, -0.2) is 0 Å². The lowest BCUT2D eigenvalue weighted by atomic mass is 9.98. The summed E-state index contributed by atoms with van der Waals surface area (Å²) >= 11 is 3.39. The van der Waals surface area contributed by atoms with Crippen LogP contribution in [0.2, 0.25) is 0 Å². The van der Waals surface area contributed by atoms with Gasteiger partial charge in [0.05, 0.1) is 0 Å². The number of aliphatic hydroxyl groups excluding tert-OH is 1. The van der Waals surface area contributed by atoms with Gasteiger partial charge in [-0.05, 0) is 54.6 Å². The van der Waals surface area contributed by atoms with Crippen molar-refractivity contribution >= 4 is 32.1 Å². The molecule has 0 fully saturated rings. The second-order valence-electron chi connectivity index (χ2n) is 6.11. The van der Waals surface area contributed by atoms with E-state index < -0.39 is 6.10 Å². The smallest absolute Gasteiger partial charge is 0.123 e. The highest BCUT2D eigenvalue weighted by Crippen LogP contribution is 2.39. The van der Waals surface area contributed by atoms with Crippen molar-refractivity contribution in [2.45, 2.75) is 32.0 Å². The van der Waals surface area contributed by atoms with Crippen LogP contribution >= 0.6 is 22.7 Å². The topological polar surface area (TPSA) is 29.5 Å². The number of fused-ring (bicyclic) bond motifs is 2. The maximum absolute atomic E-state index is 10.6. The summed E-state index contributed by atoms with van der Waals surface area (Å²) in [6.07, 6.45) is 0.339. The first-order chi connectivity index (χ1) is 10.0. The molecule has 0 bridgehead atoms. The molecule has 2 aromatic heterocycles. The van der Waals surface area contributed by atoms with Gasteiger partial charge in [0.15, 0.2) is 0 Å². The van der Waals surface area contributed by atoms with Crippen molar-refractivity contribution < 1.29 is 9.84 Å². The molecule has 4 rings (SSSR count). The van der Waals surface area contributed by atoms with Gasteiger partial charge in [0, 0.05) is 20.7 Å². The summed E-state index contributed by atoms with van der Waals surface area (Å²) in [4.78, 5) is 1.01. The molecule has 0 amide bonds. The van der Waals surface area contributed by atoms with Gasteiger partial charge in [-0.1, -0.05) is 6.07 Å². The zero-order valence-electron chi connectivity index (χ0n) is 11.9. The van der Waals surface area contributed by atoms with Crippen LogP contribution in [-0.2, 0) is 6.42 Å². The normalized spacial score (nSPS) is 17.7. The Labute approximate surface area is 131 Å². The standard InChI is InChI=1S/C17H16O2S2/c1-17(2)9-11-7-10(3-4-12(11)19-17)16(18)15-8-14-13(21-15)5-6-20-14/h3-8,16,18H,9H2,1-2H3. The average Bonchev–Trinajstić information content (AvgIpc) is 3.06. The molecule has 108 valence electrons. The molecule has 3 heterocycles. The highest BCUT2D eigenvalue weighted by atomic mass is 32.1. The van der Waals surface area contributed by atoms with Gasteiger partial charge in [-0.15, -0.1) is 22.7 Å². The Kier molecular flexibility index (Phi) is 2.89. The van der Waals surface area contributed by atoms with Crippen LogP contribution in [0.15, 0.2) is 35.7 Å². The number of hydrogen-bond acceptors (Lipinski definition) is 4. The highest BCUT2D eigenvalue weighted by Gasteiger charge is 2.30. The van der Waals surface area contributed by atoms with E-state index in [4.69, 9.17) is 4.74 Å². The second-order valence-corrected chi connectivity index (χ2v) is 8.17. The molecule has 1 unspecified atom stereocenters. The van der Waals surface area contributed by atoms with Crippen LogP contribution in [0, 0.1) is 0 Å². The van der Waals surface area contributed by atoms with E-state index in [-0.39, 0.29) is 5.60 Å². The summed E-state index contributed by atoms with van der Waals surface area (Å²) in [6, 6.07) is 10.3. The van der Waals surface area contributed by atoms with E-state index in [2.05, 4.69) is 37.4 Å². The van der Waals surface area contributed by atoms with Gasteiger partial charge in [0.1, 0.15) is 17.5 Å². The Morgan fingerprint density at radius 3 is 2.86 bits per heavy atom.